The van der Waals surface area contributed by atoms with Gasteiger partial charge in [0, 0.05) is 11.6 Å². The molecular formula is C23H21ClFN7O2. The topological polar surface area (TPSA) is 140 Å². The van der Waals surface area contributed by atoms with Crippen molar-refractivity contribution in [2.24, 2.45) is 17.8 Å². The molecule has 174 valence electrons. The summed E-state index contributed by atoms with van der Waals surface area (Å²) in [5, 5.41) is 30.2. The number of aromatic nitrogens is 5. The van der Waals surface area contributed by atoms with E-state index in [1.807, 2.05) is 0 Å². The van der Waals surface area contributed by atoms with Crippen molar-refractivity contribution in [3.63, 3.8) is 0 Å². The van der Waals surface area contributed by atoms with Crippen molar-refractivity contribution < 1.29 is 14.3 Å². The molecule has 7 rings (SSSR count). The maximum absolute atomic E-state index is 15.8. The van der Waals surface area contributed by atoms with Gasteiger partial charge in [-0.05, 0) is 56.3 Å². The third kappa shape index (κ3) is 3.29. The molecule has 4 aliphatic rings. The Morgan fingerprint density at radius 1 is 1.21 bits per heavy atom. The normalized spacial score (nSPS) is 25.9. The summed E-state index contributed by atoms with van der Waals surface area (Å²) in [4.78, 5) is 25.1. The Morgan fingerprint density at radius 2 is 1.94 bits per heavy atom. The van der Waals surface area contributed by atoms with Crippen molar-refractivity contribution in [1.82, 2.24) is 25.1 Å². The minimum absolute atomic E-state index is 0.0302. The Balaban J connectivity index is 1.51. The first-order valence-corrected chi connectivity index (χ1v) is 11.8. The number of H-pyrrole nitrogens is 1. The van der Waals surface area contributed by atoms with Crippen molar-refractivity contribution in [3.05, 3.63) is 28.3 Å². The van der Waals surface area contributed by atoms with Gasteiger partial charge in [-0.1, -0.05) is 11.6 Å². The predicted molar refractivity (Wildman–Crippen MR) is 121 cm³/mol. The van der Waals surface area contributed by atoms with Gasteiger partial charge in [0.05, 0.1) is 17.7 Å². The van der Waals surface area contributed by atoms with Crippen LogP contribution < -0.4 is 5.32 Å². The van der Waals surface area contributed by atoms with Crippen LogP contribution >= 0.6 is 11.6 Å². The molecule has 2 bridgehead atoms. The van der Waals surface area contributed by atoms with Gasteiger partial charge in [0.15, 0.2) is 17.3 Å². The number of rotatable bonds is 5. The SMILES string of the molecule is N#Cc1c(-c2[nH]nc3ncc(Cl)nc23)nc(N[C@H]2C3CCC(CC3)[C@@H]2C(=O)O)c(F)c1C1CC1. The van der Waals surface area contributed by atoms with Gasteiger partial charge in [0.1, 0.15) is 28.1 Å². The summed E-state index contributed by atoms with van der Waals surface area (Å²) in [5.41, 5.74) is 1.59. The number of carboxylic acids is 1. The molecule has 34 heavy (non-hydrogen) atoms. The number of nitriles is 1. The lowest BCUT2D eigenvalue weighted by molar-refractivity contribution is -0.148. The molecule has 0 unspecified atom stereocenters. The predicted octanol–water partition coefficient (Wildman–Crippen LogP) is 4.26. The highest BCUT2D eigenvalue weighted by Gasteiger charge is 2.48. The third-order valence-electron chi connectivity index (χ3n) is 7.55. The second-order valence-electron chi connectivity index (χ2n) is 9.47. The van der Waals surface area contributed by atoms with E-state index in [1.165, 1.54) is 6.20 Å². The Morgan fingerprint density at radius 3 is 2.62 bits per heavy atom. The maximum atomic E-state index is 15.8. The van der Waals surface area contributed by atoms with Crippen molar-refractivity contribution in [1.29, 1.82) is 5.26 Å². The van der Waals surface area contributed by atoms with Crippen LogP contribution in [0.4, 0.5) is 10.2 Å². The summed E-state index contributed by atoms with van der Waals surface area (Å²) in [6, 6.07) is 1.70. The Hall–Kier alpha value is -3.32. The fraction of sp³-hybridized carbons (Fsp3) is 0.478. The molecule has 3 heterocycles. The number of anilines is 1. The first-order valence-electron chi connectivity index (χ1n) is 11.5. The molecule has 0 radical (unpaired) electrons. The number of carbonyl (C=O) groups is 1. The number of carboxylic acid groups (broad SMARTS) is 1. The smallest absolute Gasteiger partial charge is 0.308 e. The zero-order chi connectivity index (χ0) is 23.6. The van der Waals surface area contributed by atoms with E-state index in [1.54, 1.807) is 0 Å². The van der Waals surface area contributed by atoms with Crippen molar-refractivity contribution >= 4 is 34.6 Å². The van der Waals surface area contributed by atoms with Crippen LogP contribution in [0.5, 0.6) is 0 Å². The Bertz CT molecular complexity index is 1360. The molecule has 0 aromatic carbocycles. The first kappa shape index (κ1) is 21.2. The van der Waals surface area contributed by atoms with E-state index in [0.29, 0.717) is 22.4 Å². The highest BCUT2D eigenvalue weighted by Crippen LogP contribution is 2.49. The zero-order valence-electron chi connectivity index (χ0n) is 18.1. The fourth-order valence-electron chi connectivity index (χ4n) is 5.83. The second-order valence-corrected chi connectivity index (χ2v) is 9.86. The molecule has 0 spiro atoms. The molecular weight excluding hydrogens is 461 g/mol. The number of nitrogens with one attached hydrogen (secondary N) is 2. The van der Waals surface area contributed by atoms with E-state index in [2.05, 4.69) is 36.5 Å². The lowest BCUT2D eigenvalue weighted by Crippen LogP contribution is -2.51. The maximum Gasteiger partial charge on any atom is 0.308 e. The molecule has 2 atom stereocenters. The average Bonchev–Trinajstić information content (AvgIpc) is 3.59. The zero-order valence-corrected chi connectivity index (χ0v) is 18.8. The Kier molecular flexibility index (Phi) is 4.92. The largest absolute Gasteiger partial charge is 0.481 e. The molecule has 4 saturated carbocycles. The van der Waals surface area contributed by atoms with Crippen LogP contribution in [0, 0.1) is 34.9 Å². The summed E-state index contributed by atoms with van der Waals surface area (Å²) < 4.78 is 15.8. The third-order valence-corrected chi connectivity index (χ3v) is 7.73. The number of nitrogens with zero attached hydrogens (tertiary/aromatic N) is 5. The molecule has 11 heteroatoms. The second kappa shape index (κ2) is 7.87. The van der Waals surface area contributed by atoms with Crippen LogP contribution in [0.3, 0.4) is 0 Å². The van der Waals surface area contributed by atoms with Gasteiger partial charge in [0.2, 0.25) is 0 Å². The van der Waals surface area contributed by atoms with E-state index >= 15 is 4.39 Å². The molecule has 4 aliphatic carbocycles. The lowest BCUT2D eigenvalue weighted by Gasteiger charge is -2.47. The quantitative estimate of drug-likeness (QED) is 0.491. The number of aromatic amines is 1. The summed E-state index contributed by atoms with van der Waals surface area (Å²) in [5.74, 6) is -1.97. The number of pyridine rings is 1. The molecule has 0 aliphatic heterocycles. The average molecular weight is 482 g/mol. The van der Waals surface area contributed by atoms with Crippen LogP contribution in [0.15, 0.2) is 6.20 Å². The van der Waals surface area contributed by atoms with Crippen molar-refractivity contribution in [2.75, 3.05) is 5.32 Å². The summed E-state index contributed by atoms with van der Waals surface area (Å²) in [6.45, 7) is 0. The highest BCUT2D eigenvalue weighted by molar-refractivity contribution is 6.29. The fourth-order valence-corrected chi connectivity index (χ4v) is 5.97. The molecule has 3 aromatic heterocycles. The molecule has 4 fully saturated rings. The minimum Gasteiger partial charge on any atom is -0.481 e. The number of aliphatic carboxylic acids is 1. The molecule has 3 N–H and O–H groups in total. The van der Waals surface area contributed by atoms with Gasteiger partial charge in [-0.15, -0.1) is 0 Å². The van der Waals surface area contributed by atoms with E-state index < -0.39 is 23.7 Å². The highest BCUT2D eigenvalue weighted by atomic mass is 35.5. The standard InChI is InChI=1S/C23H21ClFN7O2/c24-13-8-27-22-20(28-13)19(31-32-22)18-12(7-26)14(9-1-2-9)16(25)21(30-18)29-17-11-5-3-10(4-6-11)15(17)23(33)34/h8-11,15,17H,1-6H2,(H,29,30)(H,33,34)(H,27,31,32)/t10?,11?,15-,17-/m0/s1. The number of hydrogen-bond acceptors (Lipinski definition) is 7. The van der Waals surface area contributed by atoms with Crippen molar-refractivity contribution in [3.8, 4) is 17.5 Å². The molecule has 0 saturated heterocycles. The van der Waals surface area contributed by atoms with E-state index in [9.17, 15) is 15.2 Å². The van der Waals surface area contributed by atoms with Crippen LogP contribution in [0.1, 0.15) is 55.6 Å². The summed E-state index contributed by atoms with van der Waals surface area (Å²) in [7, 11) is 0. The van der Waals surface area contributed by atoms with Crippen molar-refractivity contribution in [2.45, 2.75) is 50.5 Å². The lowest BCUT2D eigenvalue weighted by atomic mass is 9.61. The summed E-state index contributed by atoms with van der Waals surface area (Å²) in [6.07, 6.45) is 6.48. The summed E-state index contributed by atoms with van der Waals surface area (Å²) >= 11 is 6.04. The van der Waals surface area contributed by atoms with Gasteiger partial charge in [-0.2, -0.15) is 10.4 Å². The van der Waals surface area contributed by atoms with Gasteiger partial charge < -0.3 is 10.4 Å². The van der Waals surface area contributed by atoms with E-state index in [-0.39, 0.29) is 40.0 Å². The number of halogens is 2. The Labute approximate surface area is 198 Å². The van der Waals surface area contributed by atoms with Crippen LogP contribution in [0.25, 0.3) is 22.6 Å². The van der Waals surface area contributed by atoms with Gasteiger partial charge in [0.25, 0.3) is 0 Å². The first-order chi connectivity index (χ1) is 16.5. The van der Waals surface area contributed by atoms with Crippen LogP contribution in [-0.4, -0.2) is 42.3 Å². The van der Waals surface area contributed by atoms with E-state index in [4.69, 9.17) is 11.6 Å². The van der Waals surface area contributed by atoms with Gasteiger partial charge in [-0.3, -0.25) is 9.89 Å². The number of hydrogen-bond donors (Lipinski definition) is 3. The van der Waals surface area contributed by atoms with Gasteiger partial charge in [-0.25, -0.2) is 19.3 Å². The minimum atomic E-state index is -0.868. The monoisotopic (exact) mass is 481 g/mol. The number of fused-ring (bicyclic) bond motifs is 4. The van der Waals surface area contributed by atoms with Gasteiger partial charge >= 0.3 is 5.97 Å². The van der Waals surface area contributed by atoms with E-state index in [0.717, 1.165) is 38.5 Å². The molecule has 0 amide bonds. The molecule has 3 aromatic rings. The van der Waals surface area contributed by atoms with Crippen LogP contribution in [0.2, 0.25) is 5.15 Å². The molecule has 9 nitrogen and oxygen atoms in total. The van der Waals surface area contributed by atoms with Crippen LogP contribution in [-0.2, 0) is 4.79 Å².